The van der Waals surface area contributed by atoms with Gasteiger partial charge in [0.2, 0.25) is 0 Å². The molecule has 3 nitrogen and oxygen atoms in total. The van der Waals surface area contributed by atoms with Crippen molar-refractivity contribution in [2.75, 3.05) is 0 Å². The Labute approximate surface area is 126 Å². The van der Waals surface area contributed by atoms with Gasteiger partial charge < -0.3 is 0 Å². The van der Waals surface area contributed by atoms with Gasteiger partial charge in [-0.1, -0.05) is 30.5 Å². The molecule has 0 amide bonds. The van der Waals surface area contributed by atoms with E-state index in [2.05, 4.69) is 32.9 Å². The molecule has 0 N–H and O–H groups in total. The minimum Gasteiger partial charge on any atom is -0.298 e. The van der Waals surface area contributed by atoms with Crippen molar-refractivity contribution in [2.45, 2.75) is 52.5 Å². The smallest absolute Gasteiger partial charge is 0.153 e. The van der Waals surface area contributed by atoms with Gasteiger partial charge in [-0.3, -0.25) is 9.48 Å². The van der Waals surface area contributed by atoms with Crippen LogP contribution in [-0.2, 0) is 0 Å². The van der Waals surface area contributed by atoms with Crippen LogP contribution in [0.3, 0.4) is 0 Å². The number of hydrogen-bond acceptors (Lipinski definition) is 2. The van der Waals surface area contributed by atoms with Gasteiger partial charge in [-0.15, -0.1) is 0 Å². The Morgan fingerprint density at radius 1 is 1.14 bits per heavy atom. The molecule has 1 aromatic carbocycles. The monoisotopic (exact) mass is 282 g/mol. The van der Waals surface area contributed by atoms with E-state index in [1.165, 1.54) is 42.4 Å². The molecule has 3 heteroatoms. The molecule has 0 spiro atoms. The van der Waals surface area contributed by atoms with E-state index >= 15 is 0 Å². The molecule has 1 fully saturated rings. The van der Waals surface area contributed by atoms with Gasteiger partial charge >= 0.3 is 0 Å². The molecule has 0 radical (unpaired) electrons. The number of carbonyl (C=O) groups excluding carboxylic acids is 1. The summed E-state index contributed by atoms with van der Waals surface area (Å²) in [4.78, 5) is 11.5. The number of nitrogens with zero attached hydrogens (tertiary/aromatic N) is 2. The Morgan fingerprint density at radius 3 is 2.33 bits per heavy atom. The maximum atomic E-state index is 11.5. The molecule has 1 aliphatic rings. The largest absolute Gasteiger partial charge is 0.298 e. The van der Waals surface area contributed by atoms with Crippen molar-refractivity contribution in [3.05, 3.63) is 40.6 Å². The van der Waals surface area contributed by atoms with Crippen LogP contribution in [0.5, 0.6) is 0 Å². The van der Waals surface area contributed by atoms with Crippen LogP contribution < -0.4 is 0 Å². The predicted octanol–water partition coefficient (Wildman–Crippen LogP) is 4.40. The molecule has 110 valence electrons. The standard InChI is InChI=1S/C18H22N2O/c1-12-8-13(2)17(14(3)9-12)18-15(11-21)10-20(19-18)16-6-4-5-7-16/h8-11,16H,4-7H2,1-3H3. The first-order valence-corrected chi connectivity index (χ1v) is 7.72. The molecular weight excluding hydrogens is 260 g/mol. The predicted molar refractivity (Wildman–Crippen MR) is 84.8 cm³/mol. The van der Waals surface area contributed by atoms with Crippen LogP contribution in [0.4, 0.5) is 0 Å². The van der Waals surface area contributed by atoms with E-state index in [0.29, 0.717) is 11.6 Å². The number of aldehydes is 1. The zero-order valence-corrected chi connectivity index (χ0v) is 13.0. The van der Waals surface area contributed by atoms with Crippen LogP contribution >= 0.6 is 0 Å². The molecule has 3 rings (SSSR count). The molecule has 1 saturated carbocycles. The zero-order valence-electron chi connectivity index (χ0n) is 13.0. The fraction of sp³-hybridized carbons (Fsp3) is 0.444. The van der Waals surface area contributed by atoms with Crippen molar-refractivity contribution in [2.24, 2.45) is 0 Å². The first-order valence-electron chi connectivity index (χ1n) is 7.72. The van der Waals surface area contributed by atoms with Crippen molar-refractivity contribution >= 4 is 6.29 Å². The van der Waals surface area contributed by atoms with E-state index in [1.807, 2.05) is 10.9 Å². The second-order valence-corrected chi connectivity index (χ2v) is 6.24. The van der Waals surface area contributed by atoms with Crippen molar-refractivity contribution in [3.63, 3.8) is 0 Å². The summed E-state index contributed by atoms with van der Waals surface area (Å²) in [5, 5.41) is 4.77. The fourth-order valence-corrected chi connectivity index (χ4v) is 3.60. The lowest BCUT2D eigenvalue weighted by Crippen LogP contribution is -2.05. The van der Waals surface area contributed by atoms with Crippen LogP contribution in [0, 0.1) is 20.8 Å². The quantitative estimate of drug-likeness (QED) is 0.782. The summed E-state index contributed by atoms with van der Waals surface area (Å²) in [7, 11) is 0. The molecule has 1 aromatic heterocycles. The third-order valence-electron chi connectivity index (χ3n) is 4.50. The van der Waals surface area contributed by atoms with E-state index in [9.17, 15) is 4.79 Å². The Bertz CT molecular complexity index is 656. The average molecular weight is 282 g/mol. The average Bonchev–Trinajstić information content (AvgIpc) is 3.06. The van der Waals surface area contributed by atoms with E-state index in [4.69, 9.17) is 5.10 Å². The molecule has 0 atom stereocenters. The molecule has 21 heavy (non-hydrogen) atoms. The normalized spacial score (nSPS) is 15.6. The second-order valence-electron chi connectivity index (χ2n) is 6.24. The first-order chi connectivity index (χ1) is 10.1. The van der Waals surface area contributed by atoms with Crippen molar-refractivity contribution in [1.29, 1.82) is 0 Å². The summed E-state index contributed by atoms with van der Waals surface area (Å²) in [5.74, 6) is 0. The fourth-order valence-electron chi connectivity index (χ4n) is 3.60. The van der Waals surface area contributed by atoms with Crippen LogP contribution in [0.15, 0.2) is 18.3 Å². The van der Waals surface area contributed by atoms with Gasteiger partial charge in [-0.2, -0.15) is 5.10 Å². The maximum Gasteiger partial charge on any atom is 0.153 e. The van der Waals surface area contributed by atoms with Crippen LogP contribution in [0.1, 0.15) is 58.8 Å². The molecule has 0 unspecified atom stereocenters. The summed E-state index contributed by atoms with van der Waals surface area (Å²) in [6, 6.07) is 4.78. The highest BCUT2D eigenvalue weighted by atomic mass is 16.1. The highest BCUT2D eigenvalue weighted by molar-refractivity contribution is 5.87. The Hall–Kier alpha value is -1.90. The van der Waals surface area contributed by atoms with Crippen LogP contribution in [-0.4, -0.2) is 16.1 Å². The molecule has 0 saturated heterocycles. The van der Waals surface area contributed by atoms with Crippen LogP contribution in [0.2, 0.25) is 0 Å². The number of aryl methyl sites for hydroxylation is 3. The SMILES string of the molecule is Cc1cc(C)c(-c2nn(C3CCCC3)cc2C=O)c(C)c1. The Balaban J connectivity index is 2.11. The number of carbonyl (C=O) groups is 1. The first kappa shape index (κ1) is 14.1. The minimum atomic E-state index is 0.462. The third kappa shape index (κ3) is 2.53. The lowest BCUT2D eigenvalue weighted by Gasteiger charge is -2.11. The summed E-state index contributed by atoms with van der Waals surface area (Å²) < 4.78 is 2.02. The molecular formula is C18H22N2O. The number of hydrogen-bond donors (Lipinski definition) is 0. The summed E-state index contributed by atoms with van der Waals surface area (Å²) in [5.41, 5.74) is 6.28. The van der Waals surface area contributed by atoms with Gasteiger partial charge in [0.1, 0.15) is 5.69 Å². The Kier molecular flexibility index (Phi) is 3.66. The van der Waals surface area contributed by atoms with Crippen LogP contribution in [0.25, 0.3) is 11.3 Å². The number of rotatable bonds is 3. The van der Waals surface area contributed by atoms with E-state index < -0.39 is 0 Å². The summed E-state index contributed by atoms with van der Waals surface area (Å²) in [6.07, 6.45) is 7.73. The second kappa shape index (κ2) is 5.47. The summed E-state index contributed by atoms with van der Waals surface area (Å²) in [6.45, 7) is 6.29. The van der Waals surface area contributed by atoms with E-state index in [-0.39, 0.29) is 0 Å². The van der Waals surface area contributed by atoms with Gasteiger partial charge in [0.25, 0.3) is 0 Å². The molecule has 0 aliphatic heterocycles. The van der Waals surface area contributed by atoms with Crippen molar-refractivity contribution < 1.29 is 4.79 Å². The zero-order chi connectivity index (χ0) is 15.0. The highest BCUT2D eigenvalue weighted by Gasteiger charge is 2.21. The Morgan fingerprint density at radius 2 is 1.76 bits per heavy atom. The maximum absolute atomic E-state index is 11.5. The third-order valence-corrected chi connectivity index (χ3v) is 4.50. The van der Waals surface area contributed by atoms with E-state index in [0.717, 1.165) is 17.5 Å². The lowest BCUT2D eigenvalue weighted by molar-refractivity contribution is 0.112. The topological polar surface area (TPSA) is 34.9 Å². The lowest BCUT2D eigenvalue weighted by atomic mass is 9.96. The number of aromatic nitrogens is 2. The molecule has 0 bridgehead atoms. The van der Waals surface area contributed by atoms with Crippen molar-refractivity contribution in [1.82, 2.24) is 9.78 Å². The van der Waals surface area contributed by atoms with Gasteiger partial charge in [0.15, 0.2) is 6.29 Å². The van der Waals surface area contributed by atoms with E-state index in [1.54, 1.807) is 0 Å². The molecule has 2 aromatic rings. The van der Waals surface area contributed by atoms with Gasteiger partial charge in [0, 0.05) is 11.8 Å². The highest BCUT2D eigenvalue weighted by Crippen LogP contribution is 2.33. The van der Waals surface area contributed by atoms with Gasteiger partial charge in [0.05, 0.1) is 11.6 Å². The van der Waals surface area contributed by atoms with Gasteiger partial charge in [-0.05, 0) is 44.7 Å². The summed E-state index contributed by atoms with van der Waals surface area (Å²) >= 11 is 0. The van der Waals surface area contributed by atoms with Crippen molar-refractivity contribution in [3.8, 4) is 11.3 Å². The van der Waals surface area contributed by atoms with Gasteiger partial charge in [-0.25, -0.2) is 0 Å². The number of benzene rings is 1. The minimum absolute atomic E-state index is 0.462. The molecule has 1 heterocycles. The molecule has 1 aliphatic carbocycles.